The number of ether oxygens (including phenoxy) is 2. The zero-order chi connectivity index (χ0) is 46.4. The molecule has 0 unspecified atom stereocenters. The van der Waals surface area contributed by atoms with E-state index in [4.69, 9.17) is 24.9 Å². The molecule has 4 aliphatic rings. The molecule has 3 saturated heterocycles. The summed E-state index contributed by atoms with van der Waals surface area (Å²) in [6, 6.07) is 4.45. The number of piperazine rings is 1. The number of nitrogens with one attached hydrogen (secondary N) is 3. The number of pyridine rings is 1. The number of carbonyl (C=O) groups is 3. The van der Waals surface area contributed by atoms with E-state index in [0.29, 0.717) is 94.2 Å². The molecule has 0 aliphatic carbocycles. The largest absolute Gasteiger partial charge is 0.464 e. The van der Waals surface area contributed by atoms with E-state index in [1.54, 1.807) is 37.3 Å². The van der Waals surface area contributed by atoms with E-state index in [0.717, 1.165) is 31.9 Å². The second-order valence-electron chi connectivity index (χ2n) is 18.6. The number of thiazole rings is 1. The van der Waals surface area contributed by atoms with Gasteiger partial charge in [-0.3, -0.25) is 19.6 Å². The molecular formula is C46H59F3N10O5S. The van der Waals surface area contributed by atoms with E-state index in [1.165, 1.54) is 20.9 Å². The SMILES string of the molecule is CO[C@@H](C)c1ncc(N2CCN(C)CC2)cc1-c1c2c3cc(ccc3n1CC(F)(F)F)-c1csc(n1)C[C@H](NC(=O)N1CCCC(=N)[C@H]1C)C(=O)N1CCC[C@H](N1)C(=O)OCC(C)(C)C2. The lowest BCUT2D eigenvalue weighted by Crippen LogP contribution is -2.62. The van der Waals surface area contributed by atoms with E-state index in [-0.39, 0.29) is 19.4 Å². The number of nitrogens with zero attached hydrogens (tertiary/aromatic N) is 7. The van der Waals surface area contributed by atoms with Gasteiger partial charge in [-0.15, -0.1) is 11.3 Å². The fourth-order valence-corrected chi connectivity index (χ4v) is 10.2. The molecule has 65 heavy (non-hydrogen) atoms. The summed E-state index contributed by atoms with van der Waals surface area (Å²) >= 11 is 1.31. The Morgan fingerprint density at radius 1 is 1.12 bits per heavy atom. The van der Waals surface area contributed by atoms with Crippen LogP contribution in [0.25, 0.3) is 33.4 Å². The first-order valence-electron chi connectivity index (χ1n) is 22.4. The normalized spacial score (nSPS) is 23.1. The maximum Gasteiger partial charge on any atom is 0.406 e. The van der Waals surface area contributed by atoms with E-state index < -0.39 is 60.3 Å². The Balaban J connectivity index is 1.28. The fourth-order valence-electron chi connectivity index (χ4n) is 9.39. The molecule has 4 aliphatic heterocycles. The highest BCUT2D eigenvalue weighted by Gasteiger charge is 2.39. The Kier molecular flexibility index (Phi) is 13.3. The van der Waals surface area contributed by atoms with Crippen molar-refractivity contribution in [2.75, 3.05) is 64.9 Å². The molecule has 3 aromatic heterocycles. The van der Waals surface area contributed by atoms with Gasteiger partial charge in [-0.1, -0.05) is 19.9 Å². The fraction of sp³-hybridized carbons (Fsp3) is 0.565. The average molecular weight is 921 g/mol. The molecule has 15 nitrogen and oxygen atoms in total. The molecule has 0 saturated carbocycles. The van der Waals surface area contributed by atoms with Crippen molar-refractivity contribution in [1.82, 2.24) is 40.1 Å². The monoisotopic (exact) mass is 920 g/mol. The first-order chi connectivity index (χ1) is 30.9. The predicted octanol–water partition coefficient (Wildman–Crippen LogP) is 6.59. The summed E-state index contributed by atoms with van der Waals surface area (Å²) in [6.07, 6.45) is -0.989. The lowest BCUT2D eigenvalue weighted by molar-refractivity contribution is -0.155. The molecule has 3 amide bonds. The first-order valence-corrected chi connectivity index (χ1v) is 23.3. The van der Waals surface area contributed by atoms with Crippen LogP contribution in [0.15, 0.2) is 35.8 Å². The van der Waals surface area contributed by atoms with Gasteiger partial charge in [0.2, 0.25) is 0 Å². The number of likely N-dealkylation sites (tertiary alicyclic amines) is 1. The zero-order valence-corrected chi connectivity index (χ0v) is 38.7. The number of hydrazine groups is 1. The minimum Gasteiger partial charge on any atom is -0.464 e. The van der Waals surface area contributed by atoms with Crippen LogP contribution in [0, 0.1) is 10.8 Å². The minimum absolute atomic E-state index is 0.0348. The lowest BCUT2D eigenvalue weighted by Gasteiger charge is -2.37. The number of alkyl halides is 3. The van der Waals surface area contributed by atoms with Crippen molar-refractivity contribution in [1.29, 1.82) is 5.41 Å². The van der Waals surface area contributed by atoms with Crippen molar-refractivity contribution in [2.24, 2.45) is 5.41 Å². The molecule has 350 valence electrons. The van der Waals surface area contributed by atoms with Crippen LogP contribution in [0.5, 0.6) is 0 Å². The standard InChI is InChI=1S/C46H59F3N10O5S/c1-27-34(50)9-7-13-57(27)44(62)53-36-21-39-52-37(24-65-39)29-11-12-38-31(19-29)33(22-45(3,4)26-64-43(61)35-10-8-14-59(54-35)42(36)60)41(58(38)25-46(47,48)49)32-20-30(23-51-40(32)28(2)63-6)56-17-15-55(5)16-18-56/h11-12,19-20,23-24,27-28,35-36,50,54H,7-10,13-18,21-22,25-26H2,1-6H3,(H,53,62)/t27-,28+,35+,36+/m1/s1. The molecule has 8 rings (SSSR count). The number of cyclic esters (lactones) is 1. The Morgan fingerprint density at radius 2 is 1.89 bits per heavy atom. The highest BCUT2D eigenvalue weighted by atomic mass is 32.1. The number of anilines is 1. The molecule has 3 N–H and O–H groups in total. The third-order valence-electron chi connectivity index (χ3n) is 13.2. The van der Waals surface area contributed by atoms with Gasteiger partial charge >= 0.3 is 18.2 Å². The van der Waals surface area contributed by atoms with Gasteiger partial charge in [0, 0.05) is 91.3 Å². The van der Waals surface area contributed by atoms with Crippen LogP contribution in [0.1, 0.15) is 75.7 Å². The molecular weight excluding hydrogens is 862 g/mol. The molecule has 19 heteroatoms. The molecule has 3 fully saturated rings. The summed E-state index contributed by atoms with van der Waals surface area (Å²) in [5.41, 5.74) is 7.14. The number of benzene rings is 1. The Morgan fingerprint density at radius 3 is 2.63 bits per heavy atom. The highest BCUT2D eigenvalue weighted by molar-refractivity contribution is 7.10. The van der Waals surface area contributed by atoms with Crippen molar-refractivity contribution in [2.45, 2.75) is 103 Å². The van der Waals surface area contributed by atoms with E-state index in [9.17, 15) is 27.6 Å². The number of fused-ring (bicyclic) bond motifs is 6. The van der Waals surface area contributed by atoms with E-state index in [1.807, 2.05) is 38.3 Å². The quantitative estimate of drug-likeness (QED) is 0.180. The summed E-state index contributed by atoms with van der Waals surface area (Å²) < 4.78 is 57.9. The highest BCUT2D eigenvalue weighted by Crippen LogP contribution is 2.44. The Bertz CT molecular complexity index is 2450. The minimum atomic E-state index is -4.59. The van der Waals surface area contributed by atoms with Crippen LogP contribution in [0.3, 0.4) is 0 Å². The van der Waals surface area contributed by atoms with Crippen LogP contribution in [-0.2, 0) is 38.4 Å². The molecule has 1 aromatic carbocycles. The number of likely N-dealkylation sites (N-methyl/N-ethyl adjacent to an activating group) is 1. The summed E-state index contributed by atoms with van der Waals surface area (Å²) in [7, 11) is 3.61. The number of methoxy groups -OCH3 is 1. The van der Waals surface area contributed by atoms with Crippen LogP contribution in [-0.4, -0.2) is 137 Å². The first kappa shape index (κ1) is 46.4. The molecule has 4 aromatic rings. The number of hydrogen-bond donors (Lipinski definition) is 3. The van der Waals surface area contributed by atoms with E-state index in [2.05, 4.69) is 27.6 Å². The van der Waals surface area contributed by atoms with Gasteiger partial charge < -0.3 is 39.5 Å². The second-order valence-corrected chi connectivity index (χ2v) is 19.6. The van der Waals surface area contributed by atoms with Gasteiger partial charge in [-0.25, -0.2) is 15.2 Å². The summed E-state index contributed by atoms with van der Waals surface area (Å²) in [4.78, 5) is 57.9. The van der Waals surface area contributed by atoms with Gasteiger partial charge in [-0.2, -0.15) is 13.2 Å². The number of hydrogen-bond acceptors (Lipinski definition) is 12. The number of esters is 1. The number of rotatable bonds is 6. The number of urea groups is 1. The van der Waals surface area contributed by atoms with Crippen LogP contribution < -0.4 is 15.6 Å². The van der Waals surface area contributed by atoms with Crippen molar-refractivity contribution < 1.29 is 37.0 Å². The maximum absolute atomic E-state index is 14.9. The van der Waals surface area contributed by atoms with Gasteiger partial charge in [-0.05, 0) is 76.8 Å². The number of piperidine rings is 1. The third kappa shape index (κ3) is 10.0. The van der Waals surface area contributed by atoms with Crippen molar-refractivity contribution in [3.63, 3.8) is 0 Å². The van der Waals surface area contributed by atoms with Gasteiger partial charge in [0.15, 0.2) is 0 Å². The van der Waals surface area contributed by atoms with Crippen LogP contribution >= 0.6 is 11.3 Å². The number of aromatic nitrogens is 3. The van der Waals surface area contributed by atoms with Gasteiger partial charge in [0.05, 0.1) is 52.7 Å². The smallest absolute Gasteiger partial charge is 0.406 e. The van der Waals surface area contributed by atoms with Crippen molar-refractivity contribution in [3.05, 3.63) is 52.1 Å². The summed E-state index contributed by atoms with van der Waals surface area (Å²) in [6.45, 7) is 9.97. The molecule has 7 heterocycles. The maximum atomic E-state index is 14.9. The predicted molar refractivity (Wildman–Crippen MR) is 243 cm³/mol. The lowest BCUT2D eigenvalue weighted by atomic mass is 9.84. The number of carbonyl (C=O) groups excluding carboxylic acids is 3. The van der Waals surface area contributed by atoms with Gasteiger partial charge in [0.1, 0.15) is 18.6 Å². The Labute approximate surface area is 381 Å². The topological polar surface area (TPSA) is 161 Å². The van der Waals surface area contributed by atoms with Crippen LogP contribution in [0.2, 0.25) is 0 Å². The van der Waals surface area contributed by atoms with E-state index >= 15 is 0 Å². The molecule has 0 spiro atoms. The molecule has 0 radical (unpaired) electrons. The van der Waals surface area contributed by atoms with Crippen LogP contribution in [0.4, 0.5) is 23.7 Å². The van der Waals surface area contributed by atoms with Gasteiger partial charge in [0.25, 0.3) is 5.91 Å². The average Bonchev–Trinajstić information content (AvgIpc) is 3.86. The number of amides is 3. The third-order valence-corrected chi connectivity index (χ3v) is 14.0. The summed E-state index contributed by atoms with van der Waals surface area (Å²) in [5.74, 6) is -1.00. The van der Waals surface area contributed by atoms with Crippen molar-refractivity contribution in [3.8, 4) is 22.5 Å². The zero-order valence-electron chi connectivity index (χ0n) is 37.9. The number of halogens is 3. The molecule has 6 bridgehead atoms. The summed E-state index contributed by atoms with van der Waals surface area (Å²) in [5, 5.41) is 15.7. The Hall–Kier alpha value is -5.11. The molecule has 4 atom stereocenters. The second kappa shape index (κ2) is 18.6. The van der Waals surface area contributed by atoms with Crippen molar-refractivity contribution >= 4 is 51.5 Å².